The fraction of sp³-hybridized carbons (Fsp3) is 0.538. The second-order valence-corrected chi connectivity index (χ2v) is 4.99. The zero-order valence-corrected chi connectivity index (χ0v) is 12.1. The van der Waals surface area contributed by atoms with E-state index in [2.05, 4.69) is 65.2 Å². The molecule has 0 amide bonds. The molecule has 3 heteroatoms. The van der Waals surface area contributed by atoms with Gasteiger partial charge >= 0.3 is 0 Å². The highest BCUT2D eigenvalue weighted by Crippen LogP contribution is 2.27. The van der Waals surface area contributed by atoms with Gasteiger partial charge in [0.1, 0.15) is 0 Å². The van der Waals surface area contributed by atoms with Crippen LogP contribution in [0.25, 0.3) is 0 Å². The van der Waals surface area contributed by atoms with E-state index < -0.39 is 0 Å². The van der Waals surface area contributed by atoms with Crippen LogP contribution in [0, 0.1) is 0 Å². The van der Waals surface area contributed by atoms with Crippen molar-refractivity contribution in [2.75, 3.05) is 25.5 Å². The first-order valence-corrected chi connectivity index (χ1v) is 6.57. The highest BCUT2D eigenvalue weighted by atomic mass is 79.9. The number of benzene rings is 1. The van der Waals surface area contributed by atoms with Gasteiger partial charge in [0.15, 0.2) is 0 Å². The first-order chi connectivity index (χ1) is 7.60. The van der Waals surface area contributed by atoms with Crippen molar-refractivity contribution in [3.63, 3.8) is 0 Å². The maximum Gasteiger partial charge on any atom is 0.0375 e. The molecule has 0 bridgehead atoms. The lowest BCUT2D eigenvalue weighted by atomic mass is 10.1. The molecule has 0 spiro atoms. The molecule has 0 radical (unpaired) electrons. The van der Waals surface area contributed by atoms with Crippen molar-refractivity contribution in [1.82, 2.24) is 5.32 Å². The Kier molecular flexibility index (Phi) is 5.29. The first-order valence-electron chi connectivity index (χ1n) is 5.78. The first kappa shape index (κ1) is 13.5. The maximum absolute atomic E-state index is 3.64. The van der Waals surface area contributed by atoms with Crippen molar-refractivity contribution in [1.29, 1.82) is 0 Å². The fourth-order valence-corrected chi connectivity index (χ4v) is 2.43. The second-order valence-electron chi connectivity index (χ2n) is 4.14. The van der Waals surface area contributed by atoms with Gasteiger partial charge in [0.05, 0.1) is 0 Å². The Hall–Kier alpha value is -0.540. The third-order valence-corrected chi connectivity index (χ3v) is 3.57. The second kappa shape index (κ2) is 6.26. The predicted molar refractivity (Wildman–Crippen MR) is 75.2 cm³/mol. The summed E-state index contributed by atoms with van der Waals surface area (Å²) < 4.78 is 1.18. The van der Waals surface area contributed by atoms with Crippen LogP contribution in [0.15, 0.2) is 22.7 Å². The van der Waals surface area contributed by atoms with Crippen LogP contribution in [-0.2, 0) is 0 Å². The summed E-state index contributed by atoms with van der Waals surface area (Å²) in [7, 11) is 4.11. The van der Waals surface area contributed by atoms with Gasteiger partial charge in [0.2, 0.25) is 0 Å². The van der Waals surface area contributed by atoms with E-state index in [1.54, 1.807) is 0 Å². The van der Waals surface area contributed by atoms with Crippen LogP contribution in [0.3, 0.4) is 0 Å². The summed E-state index contributed by atoms with van der Waals surface area (Å²) in [5.41, 5.74) is 2.57. The van der Waals surface area contributed by atoms with Gasteiger partial charge in [0.25, 0.3) is 0 Å². The van der Waals surface area contributed by atoms with Gasteiger partial charge in [-0.15, -0.1) is 0 Å². The summed E-state index contributed by atoms with van der Waals surface area (Å²) in [6.07, 6.45) is 1.17. The highest BCUT2D eigenvalue weighted by Gasteiger charge is 2.09. The molecule has 0 aromatic heterocycles. The molecule has 1 rings (SSSR count). The zero-order valence-electron chi connectivity index (χ0n) is 10.5. The summed E-state index contributed by atoms with van der Waals surface area (Å²) >= 11 is 3.64. The number of hydrogen-bond donors (Lipinski definition) is 1. The van der Waals surface area contributed by atoms with E-state index in [0.717, 1.165) is 6.54 Å². The molecule has 0 saturated carbocycles. The van der Waals surface area contributed by atoms with Crippen LogP contribution in [0.5, 0.6) is 0 Å². The zero-order chi connectivity index (χ0) is 12.1. The Morgan fingerprint density at radius 3 is 2.62 bits per heavy atom. The van der Waals surface area contributed by atoms with Gasteiger partial charge < -0.3 is 10.2 Å². The Labute approximate surface area is 107 Å². The van der Waals surface area contributed by atoms with Gasteiger partial charge in [-0.05, 0) is 38.1 Å². The number of halogens is 1. The van der Waals surface area contributed by atoms with E-state index in [9.17, 15) is 0 Å². The summed E-state index contributed by atoms with van der Waals surface area (Å²) in [4.78, 5) is 2.28. The Bertz CT molecular complexity index is 339. The molecule has 0 aliphatic heterocycles. The lowest BCUT2D eigenvalue weighted by Gasteiger charge is -2.20. The van der Waals surface area contributed by atoms with Gasteiger partial charge in [-0.2, -0.15) is 0 Å². The number of nitrogens with one attached hydrogen (secondary N) is 1. The standard InChI is InChI=1S/C13H21BrN2/c1-5-8-16(4)11-6-7-12(10(2)15-3)13(14)9-11/h6-7,9-10,15H,5,8H2,1-4H3. The maximum atomic E-state index is 3.64. The van der Waals surface area contributed by atoms with Gasteiger partial charge in [-0.1, -0.05) is 28.9 Å². The summed E-state index contributed by atoms with van der Waals surface area (Å²) in [6.45, 7) is 5.45. The quantitative estimate of drug-likeness (QED) is 0.889. The van der Waals surface area contributed by atoms with E-state index in [1.807, 2.05) is 7.05 Å². The van der Waals surface area contributed by atoms with Crippen LogP contribution in [0.2, 0.25) is 0 Å². The SMILES string of the molecule is CCCN(C)c1ccc(C(C)NC)c(Br)c1. The molecule has 0 aliphatic rings. The molecule has 16 heavy (non-hydrogen) atoms. The molecule has 90 valence electrons. The number of anilines is 1. The molecular weight excluding hydrogens is 264 g/mol. The topological polar surface area (TPSA) is 15.3 Å². The molecule has 0 heterocycles. The normalized spacial score (nSPS) is 12.6. The van der Waals surface area contributed by atoms with Crippen molar-refractivity contribution in [2.24, 2.45) is 0 Å². The molecule has 1 unspecified atom stereocenters. The fourth-order valence-electron chi connectivity index (χ4n) is 1.72. The number of rotatable bonds is 5. The summed E-state index contributed by atoms with van der Waals surface area (Å²) in [6, 6.07) is 6.94. The lowest BCUT2D eigenvalue weighted by molar-refractivity contribution is 0.649. The lowest BCUT2D eigenvalue weighted by Crippen LogP contribution is -2.18. The highest BCUT2D eigenvalue weighted by molar-refractivity contribution is 9.10. The minimum absolute atomic E-state index is 0.375. The molecule has 0 fully saturated rings. The smallest absolute Gasteiger partial charge is 0.0375 e. The van der Waals surface area contributed by atoms with Crippen molar-refractivity contribution < 1.29 is 0 Å². The van der Waals surface area contributed by atoms with E-state index in [4.69, 9.17) is 0 Å². The predicted octanol–water partition coefficient (Wildman–Crippen LogP) is 3.58. The van der Waals surface area contributed by atoms with E-state index >= 15 is 0 Å². The minimum Gasteiger partial charge on any atom is -0.375 e. The molecule has 0 saturated heterocycles. The molecule has 2 nitrogen and oxygen atoms in total. The monoisotopic (exact) mass is 284 g/mol. The Balaban J connectivity index is 2.90. The number of nitrogens with zero attached hydrogens (tertiary/aromatic N) is 1. The molecule has 1 atom stereocenters. The largest absolute Gasteiger partial charge is 0.375 e. The van der Waals surface area contributed by atoms with Crippen molar-refractivity contribution in [3.05, 3.63) is 28.2 Å². The third-order valence-electron chi connectivity index (χ3n) is 2.88. The minimum atomic E-state index is 0.375. The van der Waals surface area contributed by atoms with Gasteiger partial charge in [-0.25, -0.2) is 0 Å². The van der Waals surface area contributed by atoms with E-state index in [-0.39, 0.29) is 0 Å². The van der Waals surface area contributed by atoms with Crippen LogP contribution in [0.4, 0.5) is 5.69 Å². The summed E-state index contributed by atoms with van der Waals surface area (Å²) in [5, 5.41) is 3.25. The average molecular weight is 285 g/mol. The van der Waals surface area contributed by atoms with E-state index in [1.165, 1.54) is 22.1 Å². The van der Waals surface area contributed by atoms with Crippen molar-refractivity contribution in [2.45, 2.75) is 26.3 Å². The number of hydrogen-bond acceptors (Lipinski definition) is 2. The van der Waals surface area contributed by atoms with Crippen LogP contribution in [0.1, 0.15) is 31.9 Å². The van der Waals surface area contributed by atoms with Crippen molar-refractivity contribution in [3.8, 4) is 0 Å². The van der Waals surface area contributed by atoms with Crippen LogP contribution in [-0.4, -0.2) is 20.6 Å². The van der Waals surface area contributed by atoms with Gasteiger partial charge in [-0.3, -0.25) is 0 Å². The van der Waals surface area contributed by atoms with Gasteiger partial charge in [0, 0.05) is 29.8 Å². The molecule has 1 N–H and O–H groups in total. The molecule has 1 aromatic carbocycles. The van der Waals surface area contributed by atoms with Crippen LogP contribution < -0.4 is 10.2 Å². The van der Waals surface area contributed by atoms with Crippen LogP contribution >= 0.6 is 15.9 Å². The third kappa shape index (κ3) is 3.22. The molecule has 1 aromatic rings. The molecule has 0 aliphatic carbocycles. The Morgan fingerprint density at radius 2 is 2.12 bits per heavy atom. The average Bonchev–Trinajstić information content (AvgIpc) is 2.28. The summed E-state index contributed by atoms with van der Waals surface area (Å²) in [5.74, 6) is 0. The van der Waals surface area contributed by atoms with E-state index in [0.29, 0.717) is 6.04 Å². The molecular formula is C13H21BrN2. The Morgan fingerprint density at radius 1 is 1.44 bits per heavy atom. The van der Waals surface area contributed by atoms with Crippen molar-refractivity contribution >= 4 is 21.6 Å².